The van der Waals surface area contributed by atoms with Gasteiger partial charge in [0.25, 0.3) is 0 Å². The van der Waals surface area contributed by atoms with Crippen LogP contribution in [0.5, 0.6) is 5.75 Å². The zero-order chi connectivity index (χ0) is 27.3. The number of imidazole rings is 1. The summed E-state index contributed by atoms with van der Waals surface area (Å²) in [7, 11) is 1.73. The largest absolute Gasteiger partial charge is 0.496 e. The first kappa shape index (κ1) is 29.0. The third kappa shape index (κ3) is 6.70. The summed E-state index contributed by atoms with van der Waals surface area (Å²) in [6.45, 7) is 4.55. The molecule has 0 bridgehead atoms. The van der Waals surface area contributed by atoms with Gasteiger partial charge < -0.3 is 15.0 Å². The zero-order valence-electron chi connectivity index (χ0n) is 23.7. The van der Waals surface area contributed by atoms with Crippen molar-refractivity contribution in [1.82, 2.24) is 25.2 Å². The van der Waals surface area contributed by atoms with Crippen molar-refractivity contribution in [2.45, 2.75) is 57.9 Å². The minimum Gasteiger partial charge on any atom is -0.496 e. The molecule has 1 aliphatic rings. The first-order chi connectivity index (χ1) is 19.7. The molecule has 0 amide bonds. The highest BCUT2D eigenvalue weighted by molar-refractivity contribution is 8.93. The number of aromatic nitrogens is 3. The topological polar surface area (TPSA) is 66.1 Å². The molecule has 7 heteroatoms. The number of hydrogen-bond donors (Lipinski definition) is 2. The van der Waals surface area contributed by atoms with Crippen molar-refractivity contribution in [3.05, 3.63) is 125 Å². The van der Waals surface area contributed by atoms with E-state index in [1.165, 1.54) is 34.4 Å². The molecule has 0 saturated heterocycles. The number of nitrogens with one attached hydrogen (secondary N) is 2. The molecule has 2 unspecified atom stereocenters. The average Bonchev–Trinajstić information content (AvgIpc) is 3.42. The summed E-state index contributed by atoms with van der Waals surface area (Å²) in [6.07, 6.45) is 5.32. The normalized spacial score (nSPS) is 15.3. The van der Waals surface area contributed by atoms with Crippen LogP contribution >= 0.6 is 17.0 Å². The third-order valence-electron chi connectivity index (χ3n) is 8.02. The number of ether oxygens (including phenoxy) is 1. The summed E-state index contributed by atoms with van der Waals surface area (Å²) in [5.74, 6) is 1.91. The third-order valence-corrected chi connectivity index (χ3v) is 8.02. The minimum absolute atomic E-state index is 0. The van der Waals surface area contributed by atoms with Crippen LogP contribution in [0.2, 0.25) is 0 Å². The second-order valence-corrected chi connectivity index (χ2v) is 10.7. The van der Waals surface area contributed by atoms with Crippen LogP contribution in [0.25, 0.3) is 11.0 Å². The Hall–Kier alpha value is -3.52. The van der Waals surface area contributed by atoms with Gasteiger partial charge >= 0.3 is 0 Å². The van der Waals surface area contributed by atoms with E-state index in [0.29, 0.717) is 0 Å². The maximum Gasteiger partial charge on any atom is 0.123 e. The smallest absolute Gasteiger partial charge is 0.123 e. The lowest BCUT2D eigenvalue weighted by Crippen LogP contribution is -2.31. The summed E-state index contributed by atoms with van der Waals surface area (Å²) in [4.78, 5) is 15.8. The molecule has 0 saturated carbocycles. The number of aryl methyl sites for hydroxylation is 1. The molecule has 3 aromatic carbocycles. The number of fused-ring (bicyclic) bond motifs is 2. The molecule has 0 fully saturated rings. The molecule has 5 aromatic rings. The van der Waals surface area contributed by atoms with E-state index in [-0.39, 0.29) is 29.1 Å². The Balaban J connectivity index is 0.00000337. The SMILES string of the molecule is Br.COc1ccccc1C(C)NCc1ccc(CN(Cc2nc3ccccc3[nH]2)C2CCCc3cccnc32)cc1. The van der Waals surface area contributed by atoms with Gasteiger partial charge in [0.2, 0.25) is 0 Å². The van der Waals surface area contributed by atoms with Gasteiger partial charge in [0.05, 0.1) is 36.4 Å². The van der Waals surface area contributed by atoms with Gasteiger partial charge in [-0.2, -0.15) is 0 Å². The summed E-state index contributed by atoms with van der Waals surface area (Å²) >= 11 is 0. The van der Waals surface area contributed by atoms with Crippen molar-refractivity contribution in [3.63, 3.8) is 0 Å². The number of para-hydroxylation sites is 3. The summed E-state index contributed by atoms with van der Waals surface area (Å²) in [5, 5.41) is 3.65. The quantitative estimate of drug-likeness (QED) is 0.171. The first-order valence-corrected chi connectivity index (χ1v) is 14.2. The van der Waals surface area contributed by atoms with E-state index in [9.17, 15) is 0 Å². The van der Waals surface area contributed by atoms with E-state index in [1.54, 1.807) is 7.11 Å². The van der Waals surface area contributed by atoms with Gasteiger partial charge in [-0.3, -0.25) is 9.88 Å². The van der Waals surface area contributed by atoms with Gasteiger partial charge in [0.15, 0.2) is 0 Å². The Morgan fingerprint density at radius 1 is 0.951 bits per heavy atom. The van der Waals surface area contributed by atoms with Crippen LogP contribution in [-0.4, -0.2) is 27.0 Å². The van der Waals surface area contributed by atoms with Gasteiger partial charge in [-0.1, -0.05) is 60.7 Å². The number of H-pyrrole nitrogens is 1. The van der Waals surface area contributed by atoms with Crippen molar-refractivity contribution in [1.29, 1.82) is 0 Å². The predicted molar refractivity (Wildman–Crippen MR) is 170 cm³/mol. The van der Waals surface area contributed by atoms with Crippen LogP contribution in [-0.2, 0) is 26.1 Å². The average molecular weight is 613 g/mol. The Morgan fingerprint density at radius 3 is 2.56 bits per heavy atom. The summed E-state index contributed by atoms with van der Waals surface area (Å²) in [6, 6.07) is 30.2. The monoisotopic (exact) mass is 611 g/mol. The van der Waals surface area contributed by atoms with Gasteiger partial charge in [-0.15, -0.1) is 17.0 Å². The fourth-order valence-corrected chi connectivity index (χ4v) is 5.89. The number of hydrogen-bond acceptors (Lipinski definition) is 5. The van der Waals surface area contributed by atoms with E-state index in [4.69, 9.17) is 14.7 Å². The molecule has 212 valence electrons. The second-order valence-electron chi connectivity index (χ2n) is 10.7. The number of rotatable bonds is 10. The Labute approximate surface area is 253 Å². The molecule has 2 heterocycles. The van der Waals surface area contributed by atoms with Crippen molar-refractivity contribution in [3.8, 4) is 5.75 Å². The molecule has 6 rings (SSSR count). The van der Waals surface area contributed by atoms with Gasteiger partial charge in [-0.05, 0) is 67.1 Å². The number of methoxy groups -OCH3 is 1. The number of benzene rings is 3. The molecule has 1 aliphatic carbocycles. The number of nitrogens with zero attached hydrogens (tertiary/aromatic N) is 3. The fourth-order valence-electron chi connectivity index (χ4n) is 5.89. The van der Waals surface area contributed by atoms with Crippen molar-refractivity contribution in [2.24, 2.45) is 0 Å². The molecule has 2 N–H and O–H groups in total. The molecule has 0 spiro atoms. The standard InChI is InChI=1S/C34H37N5O.BrH/c1-24(28-11-3-6-15-32(28)40-2)36-21-25-16-18-26(19-17-25)22-39(23-33-37-29-12-4-5-13-30(29)38-33)31-14-7-9-27-10-8-20-35-34(27)31;/h3-6,8,10-13,15-20,24,31,36H,7,9,14,21-23H2,1-2H3,(H,37,38);1H. The molecule has 2 aromatic heterocycles. The maximum absolute atomic E-state index is 5.55. The van der Waals surface area contributed by atoms with E-state index < -0.39 is 0 Å². The van der Waals surface area contributed by atoms with Crippen molar-refractivity contribution >= 4 is 28.0 Å². The Bertz CT molecular complexity index is 1530. The lowest BCUT2D eigenvalue weighted by atomic mass is 9.90. The van der Waals surface area contributed by atoms with Crippen LogP contribution in [0.3, 0.4) is 0 Å². The summed E-state index contributed by atoms with van der Waals surface area (Å²) < 4.78 is 5.55. The molecule has 0 aliphatic heterocycles. The number of pyridine rings is 1. The van der Waals surface area contributed by atoms with Gasteiger partial charge in [-0.25, -0.2) is 4.98 Å². The summed E-state index contributed by atoms with van der Waals surface area (Å²) in [5.41, 5.74) is 8.41. The molecular weight excluding hydrogens is 574 g/mol. The van der Waals surface area contributed by atoms with Crippen LogP contribution in [0.15, 0.2) is 91.1 Å². The number of halogens is 1. The molecule has 6 nitrogen and oxygen atoms in total. The van der Waals surface area contributed by atoms with Gasteiger partial charge in [0, 0.05) is 30.9 Å². The van der Waals surface area contributed by atoms with E-state index >= 15 is 0 Å². The highest BCUT2D eigenvalue weighted by atomic mass is 79.9. The second kappa shape index (κ2) is 13.4. The van der Waals surface area contributed by atoms with Crippen LogP contribution in [0.1, 0.15) is 65.6 Å². The van der Waals surface area contributed by atoms with Gasteiger partial charge in [0.1, 0.15) is 11.6 Å². The maximum atomic E-state index is 5.55. The highest BCUT2D eigenvalue weighted by Gasteiger charge is 2.28. The zero-order valence-corrected chi connectivity index (χ0v) is 25.4. The Morgan fingerprint density at radius 2 is 1.73 bits per heavy atom. The minimum atomic E-state index is 0. The van der Waals surface area contributed by atoms with E-state index in [1.807, 2.05) is 24.4 Å². The van der Waals surface area contributed by atoms with E-state index in [2.05, 4.69) is 88.9 Å². The molecule has 41 heavy (non-hydrogen) atoms. The van der Waals surface area contributed by atoms with Crippen LogP contribution in [0, 0.1) is 0 Å². The molecule has 0 radical (unpaired) electrons. The number of aromatic amines is 1. The lowest BCUT2D eigenvalue weighted by Gasteiger charge is -2.34. The van der Waals surface area contributed by atoms with Crippen molar-refractivity contribution < 1.29 is 4.74 Å². The van der Waals surface area contributed by atoms with Crippen molar-refractivity contribution in [2.75, 3.05) is 7.11 Å². The first-order valence-electron chi connectivity index (χ1n) is 14.2. The fraction of sp³-hybridized carbons (Fsp3) is 0.294. The highest BCUT2D eigenvalue weighted by Crippen LogP contribution is 2.35. The van der Waals surface area contributed by atoms with Crippen LogP contribution in [0.4, 0.5) is 0 Å². The Kier molecular flexibility index (Phi) is 9.49. The lowest BCUT2D eigenvalue weighted by molar-refractivity contribution is 0.153. The molecular formula is C34H38BrN5O. The van der Waals surface area contributed by atoms with Crippen LogP contribution < -0.4 is 10.1 Å². The molecule has 2 atom stereocenters. The van der Waals surface area contributed by atoms with E-state index in [0.717, 1.165) is 55.1 Å². The predicted octanol–water partition coefficient (Wildman–Crippen LogP) is 7.48.